The Bertz CT molecular complexity index is 807. The molecule has 1 aromatic carbocycles. The van der Waals surface area contributed by atoms with Crippen molar-refractivity contribution >= 4 is 11.0 Å². The maximum atomic E-state index is 12.6. The van der Waals surface area contributed by atoms with Crippen LogP contribution >= 0.6 is 0 Å². The first-order chi connectivity index (χ1) is 10.6. The molecule has 0 radical (unpaired) electrons. The van der Waals surface area contributed by atoms with Gasteiger partial charge in [0.15, 0.2) is 0 Å². The van der Waals surface area contributed by atoms with Gasteiger partial charge in [-0.25, -0.2) is 4.98 Å². The van der Waals surface area contributed by atoms with Crippen LogP contribution in [-0.2, 0) is 6.42 Å². The van der Waals surface area contributed by atoms with Crippen molar-refractivity contribution in [1.82, 2.24) is 24.6 Å². The number of hydrogen-bond acceptors (Lipinski definition) is 3. The molecule has 0 saturated heterocycles. The van der Waals surface area contributed by atoms with Crippen molar-refractivity contribution in [1.29, 1.82) is 0 Å². The zero-order valence-corrected chi connectivity index (χ0v) is 13.2. The smallest absolute Gasteiger partial charge is 0.277 e. The first kappa shape index (κ1) is 14.6. The summed E-state index contributed by atoms with van der Waals surface area (Å²) in [7, 11) is 4.08. The van der Waals surface area contributed by atoms with Crippen LogP contribution in [0.2, 0.25) is 0 Å². The third kappa shape index (κ3) is 2.69. The number of para-hydroxylation sites is 2. The second-order valence-corrected chi connectivity index (χ2v) is 5.84. The van der Waals surface area contributed by atoms with Crippen LogP contribution in [0.25, 0.3) is 17.0 Å². The number of nitrogens with zero attached hydrogens (tertiary/aromatic N) is 3. The molecular formula is C16H21N5O. The predicted molar refractivity (Wildman–Crippen MR) is 87.7 cm³/mol. The predicted octanol–water partition coefficient (Wildman–Crippen LogP) is 1.84. The second kappa shape index (κ2) is 5.81. The Kier molecular flexibility index (Phi) is 3.85. The van der Waals surface area contributed by atoms with E-state index in [2.05, 4.69) is 20.0 Å². The summed E-state index contributed by atoms with van der Waals surface area (Å²) in [5, 5.41) is 3.13. The summed E-state index contributed by atoms with van der Waals surface area (Å²) < 4.78 is 1.50. The number of H-pyrrole nitrogens is 2. The van der Waals surface area contributed by atoms with E-state index in [0.29, 0.717) is 5.95 Å². The van der Waals surface area contributed by atoms with Crippen molar-refractivity contribution in [3.63, 3.8) is 0 Å². The van der Waals surface area contributed by atoms with Gasteiger partial charge in [0, 0.05) is 11.3 Å². The van der Waals surface area contributed by atoms with Gasteiger partial charge in [-0.05, 0) is 52.5 Å². The van der Waals surface area contributed by atoms with Crippen molar-refractivity contribution in [2.45, 2.75) is 19.8 Å². The van der Waals surface area contributed by atoms with E-state index in [4.69, 9.17) is 0 Å². The van der Waals surface area contributed by atoms with E-state index in [1.54, 1.807) is 0 Å². The molecule has 0 bridgehead atoms. The molecule has 116 valence electrons. The van der Waals surface area contributed by atoms with Gasteiger partial charge in [0.05, 0.1) is 11.0 Å². The highest BCUT2D eigenvalue weighted by Crippen LogP contribution is 2.13. The van der Waals surface area contributed by atoms with E-state index in [1.807, 2.05) is 45.3 Å². The molecule has 3 aromatic rings. The molecule has 22 heavy (non-hydrogen) atoms. The number of fused-ring (bicyclic) bond motifs is 1. The molecule has 2 N–H and O–H groups in total. The topological polar surface area (TPSA) is 69.7 Å². The summed E-state index contributed by atoms with van der Waals surface area (Å²) in [6, 6.07) is 7.75. The molecule has 2 heterocycles. The maximum Gasteiger partial charge on any atom is 0.277 e. The standard InChI is InChI=1S/C16H21N5O/c1-11-12(7-6-10-20(2)3)15(22)21(19-11)16-17-13-8-4-5-9-14(13)18-16/h4-5,8-9,19H,6-7,10H2,1-3H3,(H,17,18). The number of rotatable bonds is 5. The normalized spacial score (nSPS) is 11.6. The lowest BCUT2D eigenvalue weighted by Gasteiger charge is -2.07. The molecule has 0 aliphatic rings. The van der Waals surface area contributed by atoms with E-state index in [0.717, 1.165) is 41.7 Å². The molecule has 3 rings (SSSR count). The number of imidazole rings is 1. The maximum absolute atomic E-state index is 12.6. The van der Waals surface area contributed by atoms with Gasteiger partial charge in [0.1, 0.15) is 0 Å². The fraction of sp³-hybridized carbons (Fsp3) is 0.375. The highest BCUT2D eigenvalue weighted by atomic mass is 16.1. The van der Waals surface area contributed by atoms with Crippen LogP contribution in [0, 0.1) is 6.92 Å². The van der Waals surface area contributed by atoms with E-state index < -0.39 is 0 Å². The SMILES string of the molecule is Cc1[nH]n(-c2nc3ccccc3[nH]2)c(=O)c1CCCN(C)C. The van der Waals surface area contributed by atoms with Gasteiger partial charge in [0.2, 0.25) is 5.95 Å². The van der Waals surface area contributed by atoms with Crippen LogP contribution < -0.4 is 5.56 Å². The summed E-state index contributed by atoms with van der Waals surface area (Å²) in [5.74, 6) is 0.535. The summed E-state index contributed by atoms with van der Waals surface area (Å²) in [6.45, 7) is 2.90. The lowest BCUT2D eigenvalue weighted by Crippen LogP contribution is -2.20. The first-order valence-electron chi connectivity index (χ1n) is 7.46. The Morgan fingerprint density at radius 1 is 1.27 bits per heavy atom. The van der Waals surface area contributed by atoms with Crippen LogP contribution in [0.15, 0.2) is 29.1 Å². The zero-order chi connectivity index (χ0) is 15.7. The molecule has 0 fully saturated rings. The van der Waals surface area contributed by atoms with Crippen LogP contribution in [0.4, 0.5) is 0 Å². The van der Waals surface area contributed by atoms with E-state index in [1.165, 1.54) is 4.68 Å². The molecular weight excluding hydrogens is 278 g/mol. The van der Waals surface area contributed by atoms with Crippen molar-refractivity contribution in [3.05, 3.63) is 45.9 Å². The summed E-state index contributed by atoms with van der Waals surface area (Å²) >= 11 is 0. The molecule has 6 nitrogen and oxygen atoms in total. The molecule has 0 aliphatic heterocycles. The number of hydrogen-bond donors (Lipinski definition) is 2. The average molecular weight is 299 g/mol. The van der Waals surface area contributed by atoms with E-state index in [-0.39, 0.29) is 5.56 Å². The number of benzene rings is 1. The van der Waals surface area contributed by atoms with Crippen LogP contribution in [0.1, 0.15) is 17.7 Å². The monoisotopic (exact) mass is 299 g/mol. The Morgan fingerprint density at radius 3 is 2.77 bits per heavy atom. The summed E-state index contributed by atoms with van der Waals surface area (Å²) in [6.07, 6.45) is 1.73. The Balaban J connectivity index is 1.93. The fourth-order valence-electron chi connectivity index (χ4n) is 2.64. The Hall–Kier alpha value is -2.34. The van der Waals surface area contributed by atoms with Crippen LogP contribution in [0.3, 0.4) is 0 Å². The van der Waals surface area contributed by atoms with Crippen molar-refractivity contribution < 1.29 is 0 Å². The lowest BCUT2D eigenvalue weighted by atomic mass is 10.1. The molecule has 2 aromatic heterocycles. The number of aromatic nitrogens is 4. The summed E-state index contributed by atoms with van der Waals surface area (Å²) in [5.41, 5.74) is 3.50. The number of aryl methyl sites for hydroxylation is 1. The van der Waals surface area contributed by atoms with E-state index in [9.17, 15) is 4.79 Å². The van der Waals surface area contributed by atoms with Crippen molar-refractivity contribution in [2.24, 2.45) is 0 Å². The average Bonchev–Trinajstić information content (AvgIpc) is 3.02. The van der Waals surface area contributed by atoms with Crippen LogP contribution in [-0.4, -0.2) is 45.3 Å². The van der Waals surface area contributed by atoms with E-state index >= 15 is 0 Å². The molecule has 0 amide bonds. The first-order valence-corrected chi connectivity index (χ1v) is 7.46. The molecule has 0 spiro atoms. The zero-order valence-electron chi connectivity index (χ0n) is 13.2. The number of nitrogens with one attached hydrogen (secondary N) is 2. The molecule has 0 saturated carbocycles. The van der Waals surface area contributed by atoms with Gasteiger partial charge in [-0.15, -0.1) is 0 Å². The van der Waals surface area contributed by atoms with Crippen LogP contribution in [0.5, 0.6) is 0 Å². The van der Waals surface area contributed by atoms with Gasteiger partial charge in [0.25, 0.3) is 5.56 Å². The minimum Gasteiger partial charge on any atom is -0.322 e. The molecule has 0 atom stereocenters. The van der Waals surface area contributed by atoms with Gasteiger partial charge >= 0.3 is 0 Å². The molecule has 0 aliphatic carbocycles. The second-order valence-electron chi connectivity index (χ2n) is 5.84. The third-order valence-corrected chi connectivity index (χ3v) is 3.81. The Labute approximate surface area is 128 Å². The minimum atomic E-state index is -0.0182. The lowest BCUT2D eigenvalue weighted by molar-refractivity contribution is 0.400. The third-order valence-electron chi connectivity index (χ3n) is 3.81. The summed E-state index contributed by atoms with van der Waals surface area (Å²) in [4.78, 5) is 22.4. The van der Waals surface area contributed by atoms with Gasteiger partial charge in [-0.1, -0.05) is 12.1 Å². The van der Waals surface area contributed by atoms with Crippen molar-refractivity contribution in [3.8, 4) is 5.95 Å². The Morgan fingerprint density at radius 2 is 2.05 bits per heavy atom. The van der Waals surface area contributed by atoms with Crippen molar-refractivity contribution in [2.75, 3.05) is 20.6 Å². The quantitative estimate of drug-likeness (QED) is 0.755. The number of aromatic amines is 2. The molecule has 6 heteroatoms. The minimum absolute atomic E-state index is 0.0182. The fourth-order valence-corrected chi connectivity index (χ4v) is 2.64. The van der Waals surface area contributed by atoms with Gasteiger partial charge in [-0.3, -0.25) is 9.89 Å². The highest BCUT2D eigenvalue weighted by molar-refractivity contribution is 5.75. The van der Waals surface area contributed by atoms with Gasteiger partial charge in [-0.2, -0.15) is 4.68 Å². The highest BCUT2D eigenvalue weighted by Gasteiger charge is 2.14. The molecule has 0 unspecified atom stereocenters. The van der Waals surface area contributed by atoms with Gasteiger partial charge < -0.3 is 9.88 Å². The largest absolute Gasteiger partial charge is 0.322 e.